The van der Waals surface area contributed by atoms with Gasteiger partial charge < -0.3 is 5.32 Å². The topological polar surface area (TPSA) is 15.3 Å². The Balaban J connectivity index is 2.25. The first kappa shape index (κ1) is 16.5. The average molecular weight is 288 g/mol. The molecule has 118 valence electrons. The van der Waals surface area contributed by atoms with E-state index in [1.54, 1.807) is 5.56 Å². The van der Waals surface area contributed by atoms with Gasteiger partial charge in [-0.05, 0) is 76.8 Å². The maximum Gasteiger partial charge on any atom is 0.0388 e. The van der Waals surface area contributed by atoms with Crippen LogP contribution in [0.15, 0.2) is 18.2 Å². The van der Waals surface area contributed by atoms with Gasteiger partial charge in [-0.15, -0.1) is 0 Å². The summed E-state index contributed by atoms with van der Waals surface area (Å²) in [6.45, 7) is 10.2. The molecule has 2 unspecified atom stereocenters. The van der Waals surface area contributed by atoms with Crippen LogP contribution in [-0.4, -0.2) is 31.6 Å². The highest BCUT2D eigenvalue weighted by Crippen LogP contribution is 2.35. The third kappa shape index (κ3) is 4.31. The number of likely N-dealkylation sites (tertiary alicyclic amines) is 1. The van der Waals surface area contributed by atoms with Gasteiger partial charge in [0.15, 0.2) is 0 Å². The van der Waals surface area contributed by atoms with Crippen molar-refractivity contribution in [3.63, 3.8) is 0 Å². The standard InChI is InChI=1S/C19H32N2/c1-5-11-20-14-17-8-6-7-12-21(4)19(17)18-13-15(2)9-10-16(18)3/h9-10,13,17,19-20H,5-8,11-12,14H2,1-4H3. The molecule has 1 heterocycles. The van der Waals surface area contributed by atoms with Crippen LogP contribution >= 0.6 is 0 Å². The van der Waals surface area contributed by atoms with E-state index in [-0.39, 0.29) is 0 Å². The van der Waals surface area contributed by atoms with Gasteiger partial charge in [0.25, 0.3) is 0 Å². The molecule has 1 saturated heterocycles. The van der Waals surface area contributed by atoms with Gasteiger partial charge in [0.05, 0.1) is 0 Å². The van der Waals surface area contributed by atoms with E-state index in [1.165, 1.54) is 43.4 Å². The van der Waals surface area contributed by atoms with E-state index in [0.29, 0.717) is 6.04 Å². The van der Waals surface area contributed by atoms with E-state index in [1.807, 2.05) is 0 Å². The second-order valence-corrected chi connectivity index (χ2v) is 6.75. The van der Waals surface area contributed by atoms with Gasteiger partial charge >= 0.3 is 0 Å². The normalized spacial score (nSPS) is 24.0. The molecule has 1 aromatic carbocycles. The zero-order valence-corrected chi connectivity index (χ0v) is 14.3. The summed E-state index contributed by atoms with van der Waals surface area (Å²) in [6, 6.07) is 7.51. The summed E-state index contributed by atoms with van der Waals surface area (Å²) in [5.41, 5.74) is 4.37. The molecule has 2 nitrogen and oxygen atoms in total. The lowest BCUT2D eigenvalue weighted by atomic mass is 9.86. The molecule has 2 heteroatoms. The minimum atomic E-state index is 0.566. The Morgan fingerprint density at radius 2 is 2.05 bits per heavy atom. The molecule has 21 heavy (non-hydrogen) atoms. The Morgan fingerprint density at radius 1 is 1.24 bits per heavy atom. The van der Waals surface area contributed by atoms with Crippen molar-refractivity contribution in [3.05, 3.63) is 34.9 Å². The van der Waals surface area contributed by atoms with Crippen LogP contribution in [0.3, 0.4) is 0 Å². The summed E-state index contributed by atoms with van der Waals surface area (Å²) in [6.07, 6.45) is 5.27. The lowest BCUT2D eigenvalue weighted by Gasteiger charge is -2.34. The molecule has 0 aliphatic carbocycles. The second-order valence-electron chi connectivity index (χ2n) is 6.75. The van der Waals surface area contributed by atoms with Crippen LogP contribution in [0.4, 0.5) is 0 Å². The molecule has 0 saturated carbocycles. The van der Waals surface area contributed by atoms with Crippen LogP contribution in [0.2, 0.25) is 0 Å². The fourth-order valence-electron chi connectivity index (χ4n) is 3.67. The van der Waals surface area contributed by atoms with E-state index in [2.05, 4.69) is 56.2 Å². The number of nitrogens with zero attached hydrogens (tertiary/aromatic N) is 1. The first-order valence-corrected chi connectivity index (χ1v) is 8.61. The van der Waals surface area contributed by atoms with Gasteiger partial charge in [0, 0.05) is 6.04 Å². The lowest BCUT2D eigenvalue weighted by Crippen LogP contribution is -2.35. The molecule has 1 fully saturated rings. The zero-order chi connectivity index (χ0) is 15.2. The van der Waals surface area contributed by atoms with Crippen molar-refractivity contribution < 1.29 is 0 Å². The number of aryl methyl sites for hydroxylation is 2. The van der Waals surface area contributed by atoms with Crippen LogP contribution < -0.4 is 5.32 Å². The Kier molecular flexibility index (Phi) is 6.25. The van der Waals surface area contributed by atoms with Gasteiger partial charge in [0.1, 0.15) is 0 Å². The molecule has 0 bridgehead atoms. The molecular formula is C19H32N2. The Morgan fingerprint density at radius 3 is 2.81 bits per heavy atom. The Hall–Kier alpha value is -0.860. The van der Waals surface area contributed by atoms with Crippen molar-refractivity contribution in [2.24, 2.45) is 5.92 Å². The van der Waals surface area contributed by atoms with E-state index >= 15 is 0 Å². The van der Waals surface area contributed by atoms with Crippen molar-refractivity contribution in [1.29, 1.82) is 0 Å². The van der Waals surface area contributed by atoms with Crippen molar-refractivity contribution in [2.45, 2.75) is 52.5 Å². The quantitative estimate of drug-likeness (QED) is 0.821. The van der Waals surface area contributed by atoms with Gasteiger partial charge in [-0.25, -0.2) is 0 Å². The van der Waals surface area contributed by atoms with Gasteiger partial charge in [0.2, 0.25) is 0 Å². The smallest absolute Gasteiger partial charge is 0.0388 e. The van der Waals surface area contributed by atoms with E-state index < -0.39 is 0 Å². The molecule has 0 radical (unpaired) electrons. The average Bonchev–Trinajstić information content (AvgIpc) is 2.64. The lowest BCUT2D eigenvalue weighted by molar-refractivity contribution is 0.188. The summed E-state index contributed by atoms with van der Waals surface area (Å²) >= 11 is 0. The molecule has 2 atom stereocenters. The third-order valence-corrected chi connectivity index (χ3v) is 4.84. The summed E-state index contributed by atoms with van der Waals surface area (Å²) in [5, 5.41) is 3.66. The van der Waals surface area contributed by atoms with Crippen molar-refractivity contribution in [1.82, 2.24) is 10.2 Å². The van der Waals surface area contributed by atoms with Crippen molar-refractivity contribution in [3.8, 4) is 0 Å². The molecular weight excluding hydrogens is 256 g/mol. The number of nitrogens with one attached hydrogen (secondary N) is 1. The highest BCUT2D eigenvalue weighted by Gasteiger charge is 2.29. The molecule has 0 spiro atoms. The summed E-state index contributed by atoms with van der Waals surface area (Å²) < 4.78 is 0. The van der Waals surface area contributed by atoms with Gasteiger partial charge in [-0.3, -0.25) is 4.90 Å². The largest absolute Gasteiger partial charge is 0.316 e. The van der Waals surface area contributed by atoms with Crippen LogP contribution in [0, 0.1) is 19.8 Å². The molecule has 1 aliphatic heterocycles. The van der Waals surface area contributed by atoms with Crippen LogP contribution in [0.5, 0.6) is 0 Å². The fraction of sp³-hybridized carbons (Fsp3) is 0.684. The predicted molar refractivity (Wildman–Crippen MR) is 91.8 cm³/mol. The van der Waals surface area contributed by atoms with Gasteiger partial charge in [-0.2, -0.15) is 0 Å². The van der Waals surface area contributed by atoms with Crippen molar-refractivity contribution >= 4 is 0 Å². The molecule has 0 aromatic heterocycles. The Labute approximate surface area is 130 Å². The maximum absolute atomic E-state index is 3.66. The number of benzene rings is 1. The summed E-state index contributed by atoms with van der Waals surface area (Å²) in [7, 11) is 2.31. The number of rotatable bonds is 5. The van der Waals surface area contributed by atoms with E-state index in [9.17, 15) is 0 Å². The van der Waals surface area contributed by atoms with E-state index in [4.69, 9.17) is 0 Å². The number of hydrogen-bond acceptors (Lipinski definition) is 2. The van der Waals surface area contributed by atoms with Crippen molar-refractivity contribution in [2.75, 3.05) is 26.7 Å². The summed E-state index contributed by atoms with van der Waals surface area (Å²) in [5.74, 6) is 0.726. The molecule has 2 rings (SSSR count). The Bertz CT molecular complexity index is 441. The first-order valence-electron chi connectivity index (χ1n) is 8.61. The molecule has 0 amide bonds. The number of hydrogen-bond donors (Lipinski definition) is 1. The van der Waals surface area contributed by atoms with Crippen LogP contribution in [0.25, 0.3) is 0 Å². The van der Waals surface area contributed by atoms with Crippen LogP contribution in [0.1, 0.15) is 55.3 Å². The molecule has 1 N–H and O–H groups in total. The SMILES string of the molecule is CCCNCC1CCCCN(C)C1c1cc(C)ccc1C. The van der Waals surface area contributed by atoms with E-state index in [0.717, 1.165) is 19.0 Å². The zero-order valence-electron chi connectivity index (χ0n) is 14.3. The molecule has 1 aromatic rings. The predicted octanol–water partition coefficient (Wildman–Crippen LogP) is 4.08. The molecule has 1 aliphatic rings. The minimum absolute atomic E-state index is 0.566. The highest BCUT2D eigenvalue weighted by molar-refractivity contribution is 5.33. The monoisotopic (exact) mass is 288 g/mol. The maximum atomic E-state index is 3.66. The van der Waals surface area contributed by atoms with Gasteiger partial charge in [-0.1, -0.05) is 37.1 Å². The fourth-order valence-corrected chi connectivity index (χ4v) is 3.67. The summed E-state index contributed by atoms with van der Waals surface area (Å²) in [4.78, 5) is 2.59. The van der Waals surface area contributed by atoms with Crippen LogP contribution in [-0.2, 0) is 0 Å². The first-order chi connectivity index (χ1) is 10.1. The third-order valence-electron chi connectivity index (χ3n) is 4.84. The second kappa shape index (κ2) is 7.95. The minimum Gasteiger partial charge on any atom is -0.316 e. The highest BCUT2D eigenvalue weighted by atomic mass is 15.1.